The summed E-state index contributed by atoms with van der Waals surface area (Å²) in [7, 11) is 0. The lowest BCUT2D eigenvalue weighted by atomic mass is 10.3. The standard InChI is InChI=1S/C7H4BrF3O2/c8-4-1-2-6(5(12)3-4)13-7(9,10)11/h1-3,12H. The van der Waals surface area contributed by atoms with E-state index < -0.39 is 17.9 Å². The highest BCUT2D eigenvalue weighted by molar-refractivity contribution is 9.10. The van der Waals surface area contributed by atoms with Gasteiger partial charge in [-0.3, -0.25) is 0 Å². The van der Waals surface area contributed by atoms with Crippen LogP contribution in [0.25, 0.3) is 0 Å². The molecule has 0 aliphatic rings. The predicted octanol–water partition coefficient (Wildman–Crippen LogP) is 3.05. The van der Waals surface area contributed by atoms with Crippen LogP contribution >= 0.6 is 15.9 Å². The van der Waals surface area contributed by atoms with Crippen molar-refractivity contribution in [2.45, 2.75) is 6.36 Å². The van der Waals surface area contributed by atoms with Crippen molar-refractivity contribution in [2.75, 3.05) is 0 Å². The highest BCUT2D eigenvalue weighted by atomic mass is 79.9. The Bertz CT molecular complexity index is 311. The van der Waals surface area contributed by atoms with E-state index in [2.05, 4.69) is 20.7 Å². The van der Waals surface area contributed by atoms with E-state index in [0.717, 1.165) is 12.1 Å². The maximum Gasteiger partial charge on any atom is 0.573 e. The third kappa shape index (κ3) is 3.14. The van der Waals surface area contributed by atoms with Gasteiger partial charge in [0.15, 0.2) is 11.5 Å². The van der Waals surface area contributed by atoms with Crippen LogP contribution in [0.5, 0.6) is 11.5 Å². The third-order valence-corrected chi connectivity index (χ3v) is 1.64. The van der Waals surface area contributed by atoms with Crippen LogP contribution in [0.4, 0.5) is 13.2 Å². The molecule has 0 aliphatic carbocycles. The molecule has 1 N–H and O–H groups in total. The van der Waals surface area contributed by atoms with Crippen LogP contribution in [0.2, 0.25) is 0 Å². The first-order chi connectivity index (χ1) is 5.88. The van der Waals surface area contributed by atoms with Crippen LogP contribution in [0.3, 0.4) is 0 Å². The fourth-order valence-electron chi connectivity index (χ4n) is 0.702. The number of alkyl halides is 3. The first-order valence-corrected chi connectivity index (χ1v) is 3.92. The van der Waals surface area contributed by atoms with Crippen molar-refractivity contribution < 1.29 is 23.0 Å². The Balaban J connectivity index is 2.90. The van der Waals surface area contributed by atoms with E-state index in [1.807, 2.05) is 0 Å². The van der Waals surface area contributed by atoms with Crippen LogP contribution in [-0.4, -0.2) is 11.5 Å². The minimum Gasteiger partial charge on any atom is -0.504 e. The quantitative estimate of drug-likeness (QED) is 0.837. The van der Waals surface area contributed by atoms with Crippen molar-refractivity contribution in [3.63, 3.8) is 0 Å². The van der Waals surface area contributed by atoms with Crippen LogP contribution in [0.15, 0.2) is 22.7 Å². The second-order valence-electron chi connectivity index (χ2n) is 2.16. The van der Waals surface area contributed by atoms with Crippen LogP contribution < -0.4 is 4.74 Å². The van der Waals surface area contributed by atoms with Gasteiger partial charge in [-0.1, -0.05) is 15.9 Å². The molecule has 0 saturated heterocycles. The first-order valence-electron chi connectivity index (χ1n) is 3.13. The lowest BCUT2D eigenvalue weighted by molar-refractivity contribution is -0.275. The summed E-state index contributed by atoms with van der Waals surface area (Å²) in [6.45, 7) is 0. The topological polar surface area (TPSA) is 29.5 Å². The molecule has 0 amide bonds. The molecule has 6 heteroatoms. The summed E-state index contributed by atoms with van der Waals surface area (Å²) in [5.74, 6) is -1.18. The number of halogens is 4. The predicted molar refractivity (Wildman–Crippen MR) is 42.5 cm³/mol. The maximum absolute atomic E-state index is 11.7. The fraction of sp³-hybridized carbons (Fsp3) is 0.143. The summed E-state index contributed by atoms with van der Waals surface area (Å²) in [5, 5.41) is 9.00. The van der Waals surface area contributed by atoms with Gasteiger partial charge in [0.05, 0.1) is 0 Å². The lowest BCUT2D eigenvalue weighted by Gasteiger charge is -2.09. The highest BCUT2D eigenvalue weighted by Crippen LogP contribution is 2.33. The fourth-order valence-corrected chi connectivity index (χ4v) is 1.05. The smallest absolute Gasteiger partial charge is 0.504 e. The second kappa shape index (κ2) is 3.45. The number of phenols is 1. The summed E-state index contributed by atoms with van der Waals surface area (Å²) >= 11 is 2.98. The molecule has 1 rings (SSSR count). The van der Waals surface area contributed by atoms with Gasteiger partial charge in [0, 0.05) is 4.47 Å². The highest BCUT2D eigenvalue weighted by Gasteiger charge is 2.32. The normalized spacial score (nSPS) is 11.4. The molecule has 0 aliphatic heterocycles. The number of hydrogen-bond donors (Lipinski definition) is 1. The molecule has 0 unspecified atom stereocenters. The zero-order valence-corrected chi connectivity index (χ0v) is 7.69. The van der Waals surface area contributed by atoms with Gasteiger partial charge >= 0.3 is 6.36 Å². The molecule has 0 atom stereocenters. The minimum absolute atomic E-state index is 0.472. The molecule has 1 aromatic carbocycles. The van der Waals surface area contributed by atoms with E-state index in [9.17, 15) is 13.2 Å². The van der Waals surface area contributed by atoms with Gasteiger partial charge in [0.2, 0.25) is 0 Å². The van der Waals surface area contributed by atoms with Crippen molar-refractivity contribution in [2.24, 2.45) is 0 Å². The average Bonchev–Trinajstić information content (AvgIpc) is 1.93. The van der Waals surface area contributed by atoms with Crippen LogP contribution in [0, 0.1) is 0 Å². The third-order valence-electron chi connectivity index (χ3n) is 1.15. The van der Waals surface area contributed by atoms with E-state index in [1.165, 1.54) is 6.07 Å². The van der Waals surface area contributed by atoms with Crippen LogP contribution in [-0.2, 0) is 0 Å². The summed E-state index contributed by atoms with van der Waals surface area (Å²) < 4.78 is 39.0. The minimum atomic E-state index is -4.79. The van der Waals surface area contributed by atoms with Gasteiger partial charge in [0.1, 0.15) is 0 Å². The number of rotatable bonds is 1. The van der Waals surface area contributed by atoms with Gasteiger partial charge in [-0.05, 0) is 18.2 Å². The molecular weight excluding hydrogens is 253 g/mol. The number of benzene rings is 1. The summed E-state index contributed by atoms with van der Waals surface area (Å²) in [6, 6.07) is 3.47. The lowest BCUT2D eigenvalue weighted by Crippen LogP contribution is -2.17. The molecule has 2 nitrogen and oxygen atoms in total. The average molecular weight is 257 g/mol. The molecule has 0 radical (unpaired) electrons. The Morgan fingerprint density at radius 1 is 1.31 bits per heavy atom. The molecule has 0 fully saturated rings. The monoisotopic (exact) mass is 256 g/mol. The second-order valence-corrected chi connectivity index (χ2v) is 3.08. The van der Waals surface area contributed by atoms with Crippen molar-refractivity contribution >= 4 is 15.9 Å². The zero-order valence-electron chi connectivity index (χ0n) is 6.10. The van der Waals surface area contributed by atoms with Gasteiger partial charge in [-0.15, -0.1) is 13.2 Å². The summed E-state index contributed by atoms with van der Waals surface area (Å²) in [5.41, 5.74) is 0. The Kier molecular flexibility index (Phi) is 2.70. The van der Waals surface area contributed by atoms with E-state index >= 15 is 0 Å². The molecule has 72 valence electrons. The Labute approximate surface area is 80.1 Å². The molecular formula is C7H4BrF3O2. The van der Waals surface area contributed by atoms with Crippen LogP contribution in [0.1, 0.15) is 0 Å². The number of hydrogen-bond acceptors (Lipinski definition) is 2. The summed E-state index contributed by atoms with van der Waals surface area (Å²) in [6.07, 6.45) is -4.79. The largest absolute Gasteiger partial charge is 0.573 e. The molecule has 0 saturated carbocycles. The first kappa shape index (κ1) is 10.2. The number of aromatic hydroxyl groups is 1. The molecule has 0 bridgehead atoms. The maximum atomic E-state index is 11.7. The Morgan fingerprint density at radius 2 is 1.92 bits per heavy atom. The summed E-state index contributed by atoms with van der Waals surface area (Å²) in [4.78, 5) is 0. The van der Waals surface area contributed by atoms with Gasteiger partial charge in [0.25, 0.3) is 0 Å². The van der Waals surface area contributed by atoms with Gasteiger partial charge < -0.3 is 9.84 Å². The van der Waals surface area contributed by atoms with Crippen molar-refractivity contribution in [1.82, 2.24) is 0 Å². The molecule has 0 spiro atoms. The Hall–Kier alpha value is -0.910. The zero-order chi connectivity index (χ0) is 10.1. The van der Waals surface area contributed by atoms with E-state index in [4.69, 9.17) is 5.11 Å². The van der Waals surface area contributed by atoms with Crippen molar-refractivity contribution in [3.05, 3.63) is 22.7 Å². The molecule has 1 aromatic rings. The molecule has 13 heavy (non-hydrogen) atoms. The van der Waals surface area contributed by atoms with E-state index in [1.54, 1.807) is 0 Å². The number of phenolic OH excluding ortho intramolecular Hbond substituents is 1. The molecule has 0 heterocycles. The molecule has 0 aromatic heterocycles. The number of ether oxygens (including phenoxy) is 1. The van der Waals surface area contributed by atoms with E-state index in [0.29, 0.717) is 4.47 Å². The SMILES string of the molecule is Oc1cc(Br)ccc1OC(F)(F)F. The van der Waals surface area contributed by atoms with Gasteiger partial charge in [-0.2, -0.15) is 0 Å². The van der Waals surface area contributed by atoms with Gasteiger partial charge in [-0.25, -0.2) is 0 Å². The Morgan fingerprint density at radius 3 is 2.38 bits per heavy atom. The van der Waals surface area contributed by atoms with E-state index in [-0.39, 0.29) is 0 Å². The van der Waals surface area contributed by atoms with Crippen molar-refractivity contribution in [1.29, 1.82) is 0 Å². The van der Waals surface area contributed by atoms with Crippen molar-refractivity contribution in [3.8, 4) is 11.5 Å².